The molecule has 0 aromatic heterocycles. The van der Waals surface area contributed by atoms with E-state index in [0.717, 1.165) is 31.4 Å². The lowest BCUT2D eigenvalue weighted by molar-refractivity contribution is -0.120. The van der Waals surface area contributed by atoms with E-state index in [-0.39, 0.29) is 5.41 Å². The lowest BCUT2D eigenvalue weighted by Gasteiger charge is -2.32. The monoisotopic (exact) mass is 230 g/mol. The minimum absolute atomic E-state index is 0.120. The molecule has 2 heteroatoms. The molecule has 90 valence electrons. The van der Waals surface area contributed by atoms with Crippen LogP contribution in [0.25, 0.3) is 0 Å². The molecule has 2 nitrogen and oxygen atoms in total. The number of carbonyl (C=O) groups is 1. The molecule has 1 aromatic rings. The smallest absolute Gasteiger partial charge is 0.136 e. The van der Waals surface area contributed by atoms with Crippen LogP contribution in [0.15, 0.2) is 24.3 Å². The fourth-order valence-electron chi connectivity index (χ4n) is 3.59. The lowest BCUT2D eigenvalue weighted by Crippen LogP contribution is -2.25. The molecule has 0 saturated heterocycles. The maximum atomic E-state index is 12.0. The van der Waals surface area contributed by atoms with Crippen molar-refractivity contribution in [2.75, 3.05) is 7.11 Å². The summed E-state index contributed by atoms with van der Waals surface area (Å²) < 4.78 is 5.29. The molecular weight excluding hydrogens is 212 g/mol. The Bertz CT molecular complexity index is 452. The van der Waals surface area contributed by atoms with Crippen LogP contribution >= 0.6 is 0 Å². The van der Waals surface area contributed by atoms with Crippen LogP contribution in [-0.2, 0) is 10.2 Å². The summed E-state index contributed by atoms with van der Waals surface area (Å²) in [6.45, 7) is 0. The summed E-state index contributed by atoms with van der Waals surface area (Å²) in [6.07, 6.45) is 5.24. The van der Waals surface area contributed by atoms with E-state index in [1.165, 1.54) is 12.0 Å². The Hall–Kier alpha value is -1.31. The zero-order valence-corrected chi connectivity index (χ0v) is 10.2. The number of fused-ring (bicyclic) bond motifs is 2. The van der Waals surface area contributed by atoms with Crippen LogP contribution in [0.2, 0.25) is 0 Å². The van der Waals surface area contributed by atoms with Crippen molar-refractivity contribution in [2.24, 2.45) is 5.92 Å². The third-order valence-electron chi connectivity index (χ3n) is 4.50. The van der Waals surface area contributed by atoms with E-state index < -0.39 is 0 Å². The van der Waals surface area contributed by atoms with Crippen LogP contribution in [0.1, 0.15) is 37.7 Å². The molecule has 0 amide bonds. The summed E-state index contributed by atoms with van der Waals surface area (Å²) in [7, 11) is 1.69. The first-order valence-corrected chi connectivity index (χ1v) is 6.41. The molecule has 2 bridgehead atoms. The van der Waals surface area contributed by atoms with Crippen LogP contribution < -0.4 is 4.74 Å². The highest BCUT2D eigenvalue weighted by Crippen LogP contribution is 2.51. The highest BCUT2D eigenvalue weighted by Gasteiger charge is 2.47. The number of hydrogen-bond donors (Lipinski definition) is 0. The second-order valence-electron chi connectivity index (χ2n) is 5.45. The van der Waals surface area contributed by atoms with Gasteiger partial charge in [-0.05, 0) is 37.0 Å². The van der Waals surface area contributed by atoms with Crippen molar-refractivity contribution in [2.45, 2.75) is 37.5 Å². The maximum absolute atomic E-state index is 12.0. The van der Waals surface area contributed by atoms with Crippen molar-refractivity contribution >= 4 is 5.78 Å². The van der Waals surface area contributed by atoms with E-state index in [1.54, 1.807) is 7.11 Å². The maximum Gasteiger partial charge on any atom is 0.136 e. The molecule has 0 radical (unpaired) electrons. The molecule has 2 aliphatic carbocycles. The van der Waals surface area contributed by atoms with Crippen LogP contribution in [0.4, 0.5) is 0 Å². The molecule has 2 aliphatic rings. The van der Waals surface area contributed by atoms with E-state index >= 15 is 0 Å². The van der Waals surface area contributed by atoms with Gasteiger partial charge in [0.2, 0.25) is 0 Å². The van der Waals surface area contributed by atoms with E-state index in [0.29, 0.717) is 11.7 Å². The fraction of sp³-hybridized carbons (Fsp3) is 0.533. The number of ketones is 1. The summed E-state index contributed by atoms with van der Waals surface area (Å²) in [5.74, 6) is 1.71. The highest BCUT2D eigenvalue weighted by molar-refractivity contribution is 5.85. The summed E-state index contributed by atoms with van der Waals surface area (Å²) in [4.78, 5) is 12.0. The average Bonchev–Trinajstić information content (AvgIpc) is 2.61. The molecule has 0 spiro atoms. The molecule has 3 rings (SSSR count). The molecule has 0 unspecified atom stereocenters. The van der Waals surface area contributed by atoms with Gasteiger partial charge in [0.1, 0.15) is 11.5 Å². The molecule has 2 fully saturated rings. The number of rotatable bonds is 2. The van der Waals surface area contributed by atoms with Crippen molar-refractivity contribution in [3.8, 4) is 5.75 Å². The van der Waals surface area contributed by atoms with Crippen molar-refractivity contribution in [3.05, 3.63) is 29.8 Å². The standard InChI is InChI=1S/C15H18O2/c1-17-13-6-2-5-12(8-13)15-7-3-4-11(9-15)14(16)10-15/h2,5-6,8,11H,3-4,7,9-10H2,1H3/t11-,15-/m0/s1. The van der Waals surface area contributed by atoms with Gasteiger partial charge in [0.05, 0.1) is 7.11 Å². The van der Waals surface area contributed by atoms with Gasteiger partial charge in [-0.15, -0.1) is 0 Å². The van der Waals surface area contributed by atoms with Gasteiger partial charge in [0.25, 0.3) is 0 Å². The molecule has 0 heterocycles. The third kappa shape index (κ3) is 1.67. The first-order valence-electron chi connectivity index (χ1n) is 6.41. The van der Waals surface area contributed by atoms with Gasteiger partial charge >= 0.3 is 0 Å². The number of ether oxygens (including phenoxy) is 1. The van der Waals surface area contributed by atoms with Gasteiger partial charge in [-0.1, -0.05) is 18.6 Å². The van der Waals surface area contributed by atoms with Crippen molar-refractivity contribution < 1.29 is 9.53 Å². The predicted octanol–water partition coefficient (Wildman–Crippen LogP) is 3.10. The molecule has 0 aliphatic heterocycles. The Kier molecular flexibility index (Phi) is 2.46. The van der Waals surface area contributed by atoms with Crippen molar-refractivity contribution in [1.82, 2.24) is 0 Å². The first-order chi connectivity index (χ1) is 8.23. The average molecular weight is 230 g/mol. The molecule has 2 atom stereocenters. The van der Waals surface area contributed by atoms with Gasteiger partial charge in [-0.25, -0.2) is 0 Å². The normalized spacial score (nSPS) is 31.6. The topological polar surface area (TPSA) is 26.3 Å². The lowest BCUT2D eigenvalue weighted by atomic mass is 9.71. The Morgan fingerprint density at radius 2 is 2.29 bits per heavy atom. The SMILES string of the molecule is COc1cccc([C@@]23CCC[C@@H](C2)C(=O)C3)c1. The van der Waals surface area contributed by atoms with Crippen LogP contribution in [0.5, 0.6) is 5.75 Å². The van der Waals surface area contributed by atoms with Crippen LogP contribution in [-0.4, -0.2) is 12.9 Å². The van der Waals surface area contributed by atoms with Gasteiger partial charge in [-0.3, -0.25) is 4.79 Å². The second kappa shape index (κ2) is 3.86. The largest absolute Gasteiger partial charge is 0.497 e. The molecule has 17 heavy (non-hydrogen) atoms. The quantitative estimate of drug-likeness (QED) is 0.780. The second-order valence-corrected chi connectivity index (χ2v) is 5.45. The Morgan fingerprint density at radius 3 is 3.12 bits per heavy atom. The molecule has 2 saturated carbocycles. The summed E-state index contributed by atoms with van der Waals surface area (Å²) in [6, 6.07) is 8.27. The van der Waals surface area contributed by atoms with Crippen LogP contribution in [0.3, 0.4) is 0 Å². The minimum Gasteiger partial charge on any atom is -0.497 e. The molecule has 1 aromatic carbocycles. The fourth-order valence-corrected chi connectivity index (χ4v) is 3.59. The van der Waals surface area contributed by atoms with E-state index in [1.807, 2.05) is 12.1 Å². The summed E-state index contributed by atoms with van der Waals surface area (Å²) in [5, 5.41) is 0. The van der Waals surface area contributed by atoms with Crippen molar-refractivity contribution in [1.29, 1.82) is 0 Å². The van der Waals surface area contributed by atoms with E-state index in [2.05, 4.69) is 12.1 Å². The van der Waals surface area contributed by atoms with Gasteiger partial charge in [0, 0.05) is 17.8 Å². The molecular formula is C15H18O2. The minimum atomic E-state index is 0.120. The zero-order valence-electron chi connectivity index (χ0n) is 10.2. The van der Waals surface area contributed by atoms with E-state index in [9.17, 15) is 4.79 Å². The van der Waals surface area contributed by atoms with Gasteiger partial charge in [-0.2, -0.15) is 0 Å². The Balaban J connectivity index is 1.99. The first kappa shape index (κ1) is 10.8. The zero-order chi connectivity index (χ0) is 11.9. The van der Waals surface area contributed by atoms with E-state index in [4.69, 9.17) is 4.74 Å². The van der Waals surface area contributed by atoms with Gasteiger partial charge in [0.15, 0.2) is 0 Å². The Morgan fingerprint density at radius 1 is 1.41 bits per heavy atom. The third-order valence-corrected chi connectivity index (χ3v) is 4.50. The number of Topliss-reactive ketones (excluding diaryl/α,β-unsaturated/α-hetero) is 1. The number of benzene rings is 1. The summed E-state index contributed by atoms with van der Waals surface area (Å²) >= 11 is 0. The number of methoxy groups -OCH3 is 1. The van der Waals surface area contributed by atoms with Crippen molar-refractivity contribution in [3.63, 3.8) is 0 Å². The van der Waals surface area contributed by atoms with Gasteiger partial charge < -0.3 is 4.74 Å². The highest BCUT2D eigenvalue weighted by atomic mass is 16.5. The number of carbonyl (C=O) groups excluding carboxylic acids is 1. The predicted molar refractivity (Wildman–Crippen MR) is 66.3 cm³/mol. The summed E-state index contributed by atoms with van der Waals surface area (Å²) in [5.41, 5.74) is 1.42. The number of hydrogen-bond acceptors (Lipinski definition) is 2. The molecule has 0 N–H and O–H groups in total. The Labute approximate surface area is 102 Å². The van der Waals surface area contributed by atoms with Crippen LogP contribution in [0, 0.1) is 5.92 Å².